The van der Waals surface area contributed by atoms with E-state index < -0.39 is 11.9 Å². The molecule has 0 aliphatic carbocycles. The maximum absolute atomic E-state index is 13.7. The van der Waals surface area contributed by atoms with Gasteiger partial charge in [0.1, 0.15) is 11.9 Å². The molecule has 2 aromatic rings. The number of hydrogen-bond acceptors (Lipinski definition) is 1. The molecule has 90 valence electrons. The smallest absolute Gasteiger partial charge is 0.130 e. The highest BCUT2D eigenvalue weighted by Gasteiger charge is 2.21. The topological polar surface area (TPSA) is 36.0 Å². The average molecular weight is 298 g/mol. The van der Waals surface area contributed by atoms with Crippen LogP contribution in [0.4, 0.5) is 4.39 Å². The standard InChI is InChI=1S/C13H13BrFNO/c1-7-6-16-12(8(7)2)13(17)11-9(14)4-3-5-10(11)15/h3-6,13,16-17H,1-2H3. The molecule has 4 heteroatoms. The van der Waals surface area contributed by atoms with Gasteiger partial charge in [-0.05, 0) is 37.1 Å². The number of aromatic amines is 1. The maximum atomic E-state index is 13.7. The van der Waals surface area contributed by atoms with Gasteiger partial charge in [-0.3, -0.25) is 0 Å². The molecule has 1 aromatic carbocycles. The molecule has 2 rings (SSSR count). The molecule has 1 atom stereocenters. The van der Waals surface area contributed by atoms with Crippen LogP contribution >= 0.6 is 15.9 Å². The summed E-state index contributed by atoms with van der Waals surface area (Å²) in [5, 5.41) is 10.2. The van der Waals surface area contributed by atoms with E-state index in [1.165, 1.54) is 6.07 Å². The number of hydrogen-bond donors (Lipinski definition) is 2. The fourth-order valence-corrected chi connectivity index (χ4v) is 2.37. The first-order chi connectivity index (χ1) is 8.02. The van der Waals surface area contributed by atoms with Crippen LogP contribution in [-0.2, 0) is 0 Å². The van der Waals surface area contributed by atoms with Gasteiger partial charge in [-0.2, -0.15) is 0 Å². The fourth-order valence-electron chi connectivity index (χ4n) is 1.82. The van der Waals surface area contributed by atoms with Crippen LogP contribution in [0.2, 0.25) is 0 Å². The summed E-state index contributed by atoms with van der Waals surface area (Å²) in [5.41, 5.74) is 2.89. The molecule has 1 heterocycles. The summed E-state index contributed by atoms with van der Waals surface area (Å²) in [5.74, 6) is -0.418. The molecular formula is C13H13BrFNO. The molecule has 2 nitrogen and oxygen atoms in total. The second-order valence-corrected chi connectivity index (χ2v) is 4.90. The summed E-state index contributed by atoms with van der Waals surface area (Å²) < 4.78 is 14.3. The predicted octanol–water partition coefficient (Wildman–Crippen LogP) is 3.61. The van der Waals surface area contributed by atoms with Gasteiger partial charge in [-0.1, -0.05) is 22.0 Å². The number of aliphatic hydroxyl groups excluding tert-OH is 1. The van der Waals surface area contributed by atoms with Gasteiger partial charge in [0.25, 0.3) is 0 Å². The molecule has 17 heavy (non-hydrogen) atoms. The Hall–Kier alpha value is -1.13. The fraction of sp³-hybridized carbons (Fsp3) is 0.231. The van der Waals surface area contributed by atoms with Gasteiger partial charge in [0.05, 0.1) is 5.69 Å². The van der Waals surface area contributed by atoms with Crippen molar-refractivity contribution < 1.29 is 9.50 Å². The van der Waals surface area contributed by atoms with Crippen LogP contribution in [-0.4, -0.2) is 10.1 Å². The van der Waals surface area contributed by atoms with Gasteiger partial charge in [-0.25, -0.2) is 4.39 Å². The normalized spacial score (nSPS) is 12.8. The number of aliphatic hydroxyl groups is 1. The zero-order chi connectivity index (χ0) is 12.6. The van der Waals surface area contributed by atoms with E-state index in [4.69, 9.17) is 0 Å². The lowest BCUT2D eigenvalue weighted by atomic mass is 10.0. The van der Waals surface area contributed by atoms with Crippen molar-refractivity contribution in [3.8, 4) is 0 Å². The lowest BCUT2D eigenvalue weighted by Crippen LogP contribution is -2.05. The molecule has 0 aliphatic rings. The molecule has 0 fully saturated rings. The molecule has 1 aromatic heterocycles. The lowest BCUT2D eigenvalue weighted by Gasteiger charge is -2.14. The van der Waals surface area contributed by atoms with Crippen molar-refractivity contribution in [2.75, 3.05) is 0 Å². The molecule has 0 aliphatic heterocycles. The Bertz CT molecular complexity index is 530. The molecule has 0 radical (unpaired) electrons. The highest BCUT2D eigenvalue weighted by molar-refractivity contribution is 9.10. The quantitative estimate of drug-likeness (QED) is 0.873. The molecule has 0 spiro atoms. The molecular weight excluding hydrogens is 285 g/mol. The largest absolute Gasteiger partial charge is 0.382 e. The van der Waals surface area contributed by atoms with Crippen LogP contribution in [0.1, 0.15) is 28.5 Å². The van der Waals surface area contributed by atoms with E-state index in [1.807, 2.05) is 20.0 Å². The lowest BCUT2D eigenvalue weighted by molar-refractivity contribution is 0.209. The molecule has 0 amide bonds. The van der Waals surface area contributed by atoms with Crippen LogP contribution in [0, 0.1) is 19.7 Å². The van der Waals surface area contributed by atoms with Crippen LogP contribution in [0.5, 0.6) is 0 Å². The highest BCUT2D eigenvalue weighted by Crippen LogP contribution is 2.32. The minimum Gasteiger partial charge on any atom is -0.382 e. The third-order valence-corrected chi connectivity index (χ3v) is 3.68. The Kier molecular flexibility index (Phi) is 3.35. The van der Waals surface area contributed by atoms with Crippen LogP contribution in [0.25, 0.3) is 0 Å². The number of aryl methyl sites for hydroxylation is 1. The second kappa shape index (κ2) is 4.63. The molecule has 2 N–H and O–H groups in total. The number of rotatable bonds is 2. The van der Waals surface area contributed by atoms with E-state index in [0.717, 1.165) is 11.1 Å². The van der Waals surface area contributed by atoms with Crippen molar-refractivity contribution in [2.24, 2.45) is 0 Å². The number of nitrogens with one attached hydrogen (secondary N) is 1. The van der Waals surface area contributed by atoms with Gasteiger partial charge < -0.3 is 10.1 Å². The average Bonchev–Trinajstić information content (AvgIpc) is 2.59. The Labute approximate surface area is 108 Å². The second-order valence-electron chi connectivity index (χ2n) is 4.05. The Morgan fingerprint density at radius 1 is 1.35 bits per heavy atom. The van der Waals surface area contributed by atoms with E-state index in [0.29, 0.717) is 10.2 Å². The Morgan fingerprint density at radius 3 is 2.59 bits per heavy atom. The van der Waals surface area contributed by atoms with Gasteiger partial charge in [-0.15, -0.1) is 0 Å². The van der Waals surface area contributed by atoms with Gasteiger partial charge in [0, 0.05) is 16.2 Å². The van der Waals surface area contributed by atoms with Crippen LogP contribution in [0.15, 0.2) is 28.9 Å². The summed E-state index contributed by atoms with van der Waals surface area (Å²) in [7, 11) is 0. The van der Waals surface area contributed by atoms with E-state index in [1.54, 1.807) is 12.1 Å². The molecule has 1 unspecified atom stereocenters. The van der Waals surface area contributed by atoms with Crippen molar-refractivity contribution in [1.29, 1.82) is 0 Å². The number of halogens is 2. The van der Waals surface area contributed by atoms with Crippen LogP contribution in [0.3, 0.4) is 0 Å². The highest BCUT2D eigenvalue weighted by atomic mass is 79.9. The van der Waals surface area contributed by atoms with Crippen molar-refractivity contribution in [3.05, 3.63) is 57.1 Å². The van der Waals surface area contributed by atoms with E-state index in [-0.39, 0.29) is 5.56 Å². The van der Waals surface area contributed by atoms with Crippen molar-refractivity contribution in [2.45, 2.75) is 20.0 Å². The first-order valence-corrected chi connectivity index (χ1v) is 6.08. The van der Waals surface area contributed by atoms with Gasteiger partial charge in [0.2, 0.25) is 0 Å². The summed E-state index contributed by atoms with van der Waals surface area (Å²) >= 11 is 3.26. The first kappa shape index (κ1) is 12.3. The van der Waals surface area contributed by atoms with Crippen molar-refractivity contribution >= 4 is 15.9 Å². The number of aromatic nitrogens is 1. The SMILES string of the molecule is Cc1c[nH]c(C(O)c2c(F)cccc2Br)c1C. The van der Waals surface area contributed by atoms with E-state index >= 15 is 0 Å². The van der Waals surface area contributed by atoms with Crippen molar-refractivity contribution in [1.82, 2.24) is 4.98 Å². The first-order valence-electron chi connectivity index (χ1n) is 5.28. The van der Waals surface area contributed by atoms with E-state index in [2.05, 4.69) is 20.9 Å². The number of H-pyrrole nitrogens is 1. The van der Waals surface area contributed by atoms with Crippen LogP contribution < -0.4 is 0 Å². The third-order valence-electron chi connectivity index (χ3n) is 2.99. The minimum absolute atomic E-state index is 0.262. The minimum atomic E-state index is -0.987. The monoisotopic (exact) mass is 297 g/mol. The predicted molar refractivity (Wildman–Crippen MR) is 68.4 cm³/mol. The van der Waals surface area contributed by atoms with Gasteiger partial charge >= 0.3 is 0 Å². The summed E-state index contributed by atoms with van der Waals surface area (Å²) in [6, 6.07) is 4.66. The van der Waals surface area contributed by atoms with E-state index in [9.17, 15) is 9.50 Å². The third kappa shape index (κ3) is 2.15. The number of benzene rings is 1. The Morgan fingerprint density at radius 2 is 2.06 bits per heavy atom. The molecule has 0 bridgehead atoms. The molecule has 0 saturated carbocycles. The summed E-state index contributed by atoms with van der Waals surface area (Å²) in [6.45, 7) is 3.84. The molecule has 0 saturated heterocycles. The zero-order valence-electron chi connectivity index (χ0n) is 9.59. The zero-order valence-corrected chi connectivity index (χ0v) is 11.2. The van der Waals surface area contributed by atoms with Crippen molar-refractivity contribution in [3.63, 3.8) is 0 Å². The maximum Gasteiger partial charge on any atom is 0.130 e. The van der Waals surface area contributed by atoms with Gasteiger partial charge in [0.15, 0.2) is 0 Å². The summed E-state index contributed by atoms with van der Waals surface area (Å²) in [6.07, 6.45) is 0.821. The Balaban J connectivity index is 2.51. The summed E-state index contributed by atoms with van der Waals surface area (Å²) in [4.78, 5) is 2.99.